The molecule has 3 aromatic heterocycles. The van der Waals surface area contributed by atoms with Crippen molar-refractivity contribution in [1.82, 2.24) is 24.5 Å². The van der Waals surface area contributed by atoms with E-state index in [9.17, 15) is 8.78 Å². The highest BCUT2D eigenvalue weighted by atomic mass is 35.5. The Morgan fingerprint density at radius 2 is 1.83 bits per heavy atom. The maximum Gasteiger partial charge on any atom is 0.248 e. The quantitative estimate of drug-likeness (QED) is 0.258. The van der Waals surface area contributed by atoms with Gasteiger partial charge in [-0.3, -0.25) is 4.98 Å². The summed E-state index contributed by atoms with van der Waals surface area (Å²) in [4.78, 5) is 4.85. The first-order valence-corrected chi connectivity index (χ1v) is 12.6. The smallest absolute Gasteiger partial charge is 0.248 e. The zero-order chi connectivity index (χ0) is 25.0. The minimum Gasteiger partial charge on any atom is -0.335 e. The van der Waals surface area contributed by atoms with E-state index >= 15 is 0 Å². The molecular weight excluding hydrogens is 480 g/mol. The third-order valence-corrected chi connectivity index (χ3v) is 7.71. The van der Waals surface area contributed by atoms with E-state index in [4.69, 9.17) is 16.6 Å². The third kappa shape index (κ3) is 3.95. The van der Waals surface area contributed by atoms with Crippen molar-refractivity contribution in [2.75, 3.05) is 0 Å². The van der Waals surface area contributed by atoms with Gasteiger partial charge in [-0.15, -0.1) is 5.10 Å². The van der Waals surface area contributed by atoms with Crippen LogP contribution >= 0.6 is 11.6 Å². The molecule has 8 heteroatoms. The van der Waals surface area contributed by atoms with Crippen molar-refractivity contribution in [2.45, 2.75) is 51.0 Å². The number of rotatable bonds is 4. The summed E-state index contributed by atoms with van der Waals surface area (Å²) in [5, 5.41) is 10.0. The zero-order valence-corrected chi connectivity index (χ0v) is 20.9. The minimum atomic E-state index is -2.55. The summed E-state index contributed by atoms with van der Waals surface area (Å²) in [6.07, 6.45) is 2.76. The second-order valence-electron chi connectivity index (χ2n) is 9.82. The highest BCUT2D eigenvalue weighted by Crippen LogP contribution is 2.42. The first-order chi connectivity index (χ1) is 17.3. The molecule has 5 aromatic rings. The van der Waals surface area contributed by atoms with Crippen LogP contribution in [0.15, 0.2) is 54.7 Å². The average Bonchev–Trinajstić information content (AvgIpc) is 3.35. The number of aryl methyl sites for hydroxylation is 2. The average molecular weight is 506 g/mol. The monoisotopic (exact) mass is 505 g/mol. The van der Waals surface area contributed by atoms with E-state index in [0.717, 1.165) is 50.0 Å². The van der Waals surface area contributed by atoms with Crippen LogP contribution in [-0.4, -0.2) is 30.5 Å². The lowest BCUT2D eigenvalue weighted by Gasteiger charge is -2.30. The van der Waals surface area contributed by atoms with E-state index < -0.39 is 5.92 Å². The number of aromatic nitrogens is 5. The zero-order valence-electron chi connectivity index (χ0n) is 20.2. The van der Waals surface area contributed by atoms with Crippen molar-refractivity contribution in [3.63, 3.8) is 0 Å². The van der Waals surface area contributed by atoms with Gasteiger partial charge in [-0.2, -0.15) is 0 Å². The van der Waals surface area contributed by atoms with Crippen molar-refractivity contribution in [1.29, 1.82) is 0 Å². The first kappa shape index (κ1) is 23.1. The second-order valence-corrected chi connectivity index (χ2v) is 10.3. The first-order valence-electron chi connectivity index (χ1n) is 12.2. The van der Waals surface area contributed by atoms with Crippen LogP contribution < -0.4 is 0 Å². The van der Waals surface area contributed by atoms with E-state index in [0.29, 0.717) is 24.4 Å². The topological polar surface area (TPSA) is 48.5 Å². The number of benzene rings is 2. The van der Waals surface area contributed by atoms with Crippen LogP contribution in [0.25, 0.3) is 33.2 Å². The van der Waals surface area contributed by atoms with Gasteiger partial charge in [0.1, 0.15) is 0 Å². The van der Waals surface area contributed by atoms with Gasteiger partial charge in [0.2, 0.25) is 5.92 Å². The Morgan fingerprint density at radius 3 is 2.58 bits per heavy atom. The normalized spacial score (nSPS) is 16.2. The Labute approximate surface area is 212 Å². The van der Waals surface area contributed by atoms with E-state index in [2.05, 4.69) is 33.1 Å². The van der Waals surface area contributed by atoms with Crippen LogP contribution in [-0.2, 0) is 13.6 Å². The molecule has 0 N–H and O–H groups in total. The number of pyridine rings is 1. The number of alkyl halides is 2. The molecule has 0 bridgehead atoms. The minimum absolute atomic E-state index is 0.0532. The maximum atomic E-state index is 13.9. The summed E-state index contributed by atoms with van der Waals surface area (Å²) >= 11 is 6.43. The van der Waals surface area contributed by atoms with Gasteiger partial charge in [0.05, 0.1) is 27.9 Å². The Kier molecular flexibility index (Phi) is 5.56. The molecule has 1 fully saturated rings. The molecular formula is C28H26ClF2N5. The van der Waals surface area contributed by atoms with E-state index in [-0.39, 0.29) is 18.8 Å². The molecule has 0 amide bonds. The van der Waals surface area contributed by atoms with Crippen molar-refractivity contribution < 1.29 is 8.78 Å². The highest BCUT2D eigenvalue weighted by Gasteiger charge is 2.36. The van der Waals surface area contributed by atoms with Crippen LogP contribution in [0.2, 0.25) is 5.02 Å². The highest BCUT2D eigenvalue weighted by molar-refractivity contribution is 6.31. The predicted molar refractivity (Wildman–Crippen MR) is 139 cm³/mol. The lowest BCUT2D eigenvalue weighted by molar-refractivity contribution is -0.0382. The van der Waals surface area contributed by atoms with Crippen molar-refractivity contribution >= 4 is 33.5 Å². The van der Waals surface area contributed by atoms with Gasteiger partial charge < -0.3 is 4.57 Å². The van der Waals surface area contributed by atoms with Crippen LogP contribution in [0, 0.1) is 6.92 Å². The predicted octanol–water partition coefficient (Wildman–Crippen LogP) is 7.29. The van der Waals surface area contributed by atoms with Crippen molar-refractivity contribution in [3.05, 3.63) is 76.6 Å². The Balaban J connectivity index is 1.50. The third-order valence-electron chi connectivity index (χ3n) is 7.47. The number of hydrogen-bond donors (Lipinski definition) is 0. The van der Waals surface area contributed by atoms with Gasteiger partial charge in [-0.25, -0.2) is 13.5 Å². The van der Waals surface area contributed by atoms with E-state index in [1.807, 2.05) is 50.5 Å². The molecule has 1 aliphatic carbocycles. The summed E-state index contributed by atoms with van der Waals surface area (Å²) in [5.74, 6) is -2.41. The number of hydrogen-bond acceptors (Lipinski definition) is 3. The SMILES string of the molecule is Cc1nnn(C)c1-c1cnc2c3ccc(Cl)cc3n(Cc3ccccc3C3CCC(F)(F)CC3)c2c1. The van der Waals surface area contributed by atoms with Gasteiger partial charge >= 0.3 is 0 Å². The van der Waals surface area contributed by atoms with Crippen LogP contribution in [0.5, 0.6) is 0 Å². The summed E-state index contributed by atoms with van der Waals surface area (Å²) < 4.78 is 31.7. The maximum absolute atomic E-state index is 13.9. The molecule has 0 spiro atoms. The molecule has 2 aromatic carbocycles. The van der Waals surface area contributed by atoms with Gasteiger partial charge in [-0.1, -0.05) is 41.1 Å². The molecule has 1 saturated carbocycles. The lowest BCUT2D eigenvalue weighted by Crippen LogP contribution is -2.24. The van der Waals surface area contributed by atoms with Crippen LogP contribution in [0.3, 0.4) is 0 Å². The van der Waals surface area contributed by atoms with E-state index in [1.165, 1.54) is 0 Å². The van der Waals surface area contributed by atoms with Gasteiger partial charge in [0.25, 0.3) is 0 Å². The second kappa shape index (κ2) is 8.66. The van der Waals surface area contributed by atoms with Crippen molar-refractivity contribution in [2.24, 2.45) is 7.05 Å². The van der Waals surface area contributed by atoms with Crippen molar-refractivity contribution in [3.8, 4) is 11.3 Å². The fraction of sp³-hybridized carbons (Fsp3) is 0.321. The van der Waals surface area contributed by atoms with Gasteiger partial charge in [0, 0.05) is 48.6 Å². The molecule has 5 nitrogen and oxygen atoms in total. The molecule has 0 unspecified atom stereocenters. The van der Waals surface area contributed by atoms with Crippen LogP contribution in [0.4, 0.5) is 8.78 Å². The summed E-state index contributed by atoms with van der Waals surface area (Å²) in [6.45, 7) is 2.53. The fourth-order valence-electron chi connectivity index (χ4n) is 5.68. The Morgan fingerprint density at radius 1 is 1.06 bits per heavy atom. The standard InChI is InChI=1S/C28H26ClF2N5/c1-17-27(35(2)34-33-17)20-13-25-26(32-15-20)23-8-7-21(29)14-24(23)36(25)16-19-5-3-4-6-22(19)18-9-11-28(30,31)12-10-18/h3-8,13-15,18H,9-12,16H2,1-2H3. The molecule has 3 heterocycles. The molecule has 0 atom stereocenters. The Hall–Kier alpha value is -3.32. The van der Waals surface area contributed by atoms with Gasteiger partial charge in [0.15, 0.2) is 0 Å². The number of fused-ring (bicyclic) bond motifs is 3. The molecule has 0 radical (unpaired) electrons. The fourth-order valence-corrected chi connectivity index (χ4v) is 5.84. The van der Waals surface area contributed by atoms with Gasteiger partial charge in [-0.05, 0) is 61.1 Å². The molecule has 184 valence electrons. The lowest BCUT2D eigenvalue weighted by atomic mass is 9.80. The van der Waals surface area contributed by atoms with Crippen LogP contribution in [0.1, 0.15) is 48.4 Å². The molecule has 6 rings (SSSR count). The molecule has 0 aliphatic heterocycles. The molecule has 0 saturated heterocycles. The number of nitrogens with zero attached hydrogens (tertiary/aromatic N) is 5. The Bertz CT molecular complexity index is 1570. The summed E-state index contributed by atoms with van der Waals surface area (Å²) in [6, 6.07) is 16.2. The molecule has 1 aliphatic rings. The number of halogens is 3. The van der Waals surface area contributed by atoms with E-state index in [1.54, 1.807) is 4.68 Å². The largest absolute Gasteiger partial charge is 0.335 e. The molecule has 36 heavy (non-hydrogen) atoms. The summed E-state index contributed by atoms with van der Waals surface area (Å²) in [5.41, 5.74) is 7.85. The summed E-state index contributed by atoms with van der Waals surface area (Å²) in [7, 11) is 1.87.